The molecule has 5 rings (SSSR count). The Hall–Kier alpha value is -3.18. The van der Waals surface area contributed by atoms with Crippen molar-refractivity contribution in [3.8, 4) is 21.6 Å². The number of aromatic nitrogens is 1. The molecule has 5 heteroatoms. The summed E-state index contributed by atoms with van der Waals surface area (Å²) in [7, 11) is 0. The Morgan fingerprint density at radius 1 is 0.935 bits per heavy atom. The second-order valence-electron chi connectivity index (χ2n) is 7.73. The molecular weight excluding hydrogens is 412 g/mol. The van der Waals surface area contributed by atoms with Gasteiger partial charge in [-0.1, -0.05) is 24.3 Å². The fourth-order valence-electron chi connectivity index (χ4n) is 4.12. The Morgan fingerprint density at radius 2 is 1.74 bits per heavy atom. The van der Waals surface area contributed by atoms with Crippen LogP contribution in [-0.4, -0.2) is 10.8 Å². The second kappa shape index (κ2) is 8.16. The third-order valence-electron chi connectivity index (χ3n) is 5.72. The Bertz CT molecular complexity index is 1260. The lowest BCUT2D eigenvalue weighted by Gasteiger charge is -2.09. The lowest BCUT2D eigenvalue weighted by molar-refractivity contribution is 0.0994. The predicted octanol–water partition coefficient (Wildman–Crippen LogP) is 6.67. The minimum absolute atomic E-state index is 0.171. The maximum atomic E-state index is 14.0. The molecule has 2 nitrogen and oxygen atoms in total. The van der Waals surface area contributed by atoms with E-state index in [1.54, 1.807) is 6.20 Å². The van der Waals surface area contributed by atoms with Gasteiger partial charge < -0.3 is 0 Å². The third-order valence-corrected chi connectivity index (χ3v) is 6.98. The van der Waals surface area contributed by atoms with E-state index in [9.17, 15) is 13.6 Å². The number of carbonyl (C=O) groups excluding carboxylic acids is 1. The zero-order chi connectivity index (χ0) is 21.4. The van der Waals surface area contributed by atoms with E-state index in [1.807, 2.05) is 24.4 Å². The van der Waals surface area contributed by atoms with Gasteiger partial charge >= 0.3 is 0 Å². The quantitative estimate of drug-likeness (QED) is 0.338. The first-order valence-electron chi connectivity index (χ1n) is 10.2. The van der Waals surface area contributed by atoms with Crippen molar-refractivity contribution in [2.45, 2.75) is 25.7 Å². The summed E-state index contributed by atoms with van der Waals surface area (Å²) < 4.78 is 28.0. The van der Waals surface area contributed by atoms with Crippen molar-refractivity contribution >= 4 is 17.1 Å². The van der Waals surface area contributed by atoms with Crippen molar-refractivity contribution in [3.63, 3.8) is 0 Å². The standard InChI is InChI=1S/C26H19F2NOS/c27-22-7-2-8-23(28)21(22)14-24(30)25-13-18-5-1-4-16-9-10-17(12-20(16)26(18)31-25)19-6-3-11-29-15-19/h2-3,6-13,15H,1,4-5,14H2. The number of ketones is 1. The molecule has 4 aromatic rings. The van der Waals surface area contributed by atoms with E-state index < -0.39 is 11.6 Å². The molecule has 154 valence electrons. The molecule has 0 bridgehead atoms. The first kappa shape index (κ1) is 19.8. The van der Waals surface area contributed by atoms with E-state index in [1.165, 1.54) is 35.1 Å². The number of rotatable bonds is 4. The highest BCUT2D eigenvalue weighted by molar-refractivity contribution is 7.17. The van der Waals surface area contributed by atoms with E-state index in [0.717, 1.165) is 46.4 Å². The highest BCUT2D eigenvalue weighted by Gasteiger charge is 2.22. The van der Waals surface area contributed by atoms with Gasteiger partial charge in [0.05, 0.1) is 4.88 Å². The van der Waals surface area contributed by atoms with Gasteiger partial charge in [0.15, 0.2) is 5.78 Å². The summed E-state index contributed by atoms with van der Waals surface area (Å²) in [6.07, 6.45) is 6.17. The van der Waals surface area contributed by atoms with Crippen LogP contribution in [0.4, 0.5) is 8.78 Å². The summed E-state index contributed by atoms with van der Waals surface area (Å²) in [5, 5.41) is 0. The number of hydrogen-bond donors (Lipinski definition) is 0. The largest absolute Gasteiger partial charge is 0.293 e. The molecule has 2 aromatic heterocycles. The summed E-state index contributed by atoms with van der Waals surface area (Å²) >= 11 is 1.42. The SMILES string of the molecule is O=C(Cc1c(F)cccc1F)c1cc2c(s1)-c1cc(-c3cccnc3)ccc1CCC2. The highest BCUT2D eigenvalue weighted by Crippen LogP contribution is 2.41. The van der Waals surface area contributed by atoms with Gasteiger partial charge in [-0.05, 0) is 71.8 Å². The average Bonchev–Trinajstić information content (AvgIpc) is 3.14. The van der Waals surface area contributed by atoms with E-state index >= 15 is 0 Å². The van der Waals surface area contributed by atoms with Gasteiger partial charge in [-0.2, -0.15) is 0 Å². The van der Waals surface area contributed by atoms with Crippen molar-refractivity contribution in [1.82, 2.24) is 4.98 Å². The highest BCUT2D eigenvalue weighted by atomic mass is 32.1. The molecular formula is C26H19F2NOS. The van der Waals surface area contributed by atoms with Gasteiger partial charge in [0.25, 0.3) is 0 Å². The van der Waals surface area contributed by atoms with Gasteiger partial charge in [0.1, 0.15) is 11.6 Å². The van der Waals surface area contributed by atoms with Crippen LogP contribution in [0, 0.1) is 11.6 Å². The van der Waals surface area contributed by atoms with Crippen LogP contribution in [0.5, 0.6) is 0 Å². The van der Waals surface area contributed by atoms with Crippen LogP contribution in [0.2, 0.25) is 0 Å². The maximum Gasteiger partial charge on any atom is 0.177 e. The molecule has 0 radical (unpaired) electrons. The molecule has 0 spiro atoms. The number of nitrogens with zero attached hydrogens (tertiary/aromatic N) is 1. The monoisotopic (exact) mass is 431 g/mol. The summed E-state index contributed by atoms with van der Waals surface area (Å²) in [5.41, 5.74) is 5.47. The van der Waals surface area contributed by atoms with E-state index in [4.69, 9.17) is 0 Å². The van der Waals surface area contributed by atoms with Crippen LogP contribution in [0.15, 0.2) is 67.0 Å². The van der Waals surface area contributed by atoms with Gasteiger partial charge in [-0.25, -0.2) is 8.78 Å². The van der Waals surface area contributed by atoms with Crippen LogP contribution in [0.3, 0.4) is 0 Å². The summed E-state index contributed by atoms with van der Waals surface area (Å²) in [6, 6.07) is 16.0. The molecule has 0 fully saturated rings. The molecule has 2 aromatic carbocycles. The predicted molar refractivity (Wildman–Crippen MR) is 119 cm³/mol. The molecule has 31 heavy (non-hydrogen) atoms. The van der Waals surface area contributed by atoms with Crippen LogP contribution in [0.25, 0.3) is 21.6 Å². The maximum absolute atomic E-state index is 14.0. The smallest absolute Gasteiger partial charge is 0.177 e. The van der Waals surface area contributed by atoms with Crippen molar-refractivity contribution < 1.29 is 13.6 Å². The van der Waals surface area contributed by atoms with Crippen LogP contribution in [-0.2, 0) is 19.3 Å². The topological polar surface area (TPSA) is 30.0 Å². The molecule has 0 amide bonds. The summed E-state index contributed by atoms with van der Waals surface area (Å²) in [4.78, 5) is 18.7. The normalized spacial score (nSPS) is 12.7. The summed E-state index contributed by atoms with van der Waals surface area (Å²) in [5.74, 6) is -1.62. The van der Waals surface area contributed by atoms with E-state index in [0.29, 0.717) is 4.88 Å². The molecule has 0 aliphatic heterocycles. The Kier molecular flexibility index (Phi) is 5.20. The summed E-state index contributed by atoms with van der Waals surface area (Å²) in [6.45, 7) is 0. The van der Waals surface area contributed by atoms with Crippen molar-refractivity contribution in [1.29, 1.82) is 0 Å². The van der Waals surface area contributed by atoms with Gasteiger partial charge in [0, 0.05) is 34.8 Å². The molecule has 0 saturated carbocycles. The molecule has 0 N–H and O–H groups in total. The van der Waals surface area contributed by atoms with Crippen LogP contribution in [0.1, 0.15) is 32.8 Å². The minimum Gasteiger partial charge on any atom is -0.293 e. The molecule has 0 saturated heterocycles. The van der Waals surface area contributed by atoms with E-state index in [2.05, 4.69) is 23.2 Å². The number of benzene rings is 2. The van der Waals surface area contributed by atoms with Gasteiger partial charge in [0.2, 0.25) is 0 Å². The van der Waals surface area contributed by atoms with Gasteiger partial charge in [-0.15, -0.1) is 11.3 Å². The number of halogens is 2. The van der Waals surface area contributed by atoms with Crippen LogP contribution >= 0.6 is 11.3 Å². The first-order chi connectivity index (χ1) is 15.1. The molecule has 1 aliphatic rings. The fraction of sp³-hybridized carbons (Fsp3) is 0.154. The number of Topliss-reactive ketones (excluding diaryl/α,β-unsaturated/α-hetero) is 1. The zero-order valence-electron chi connectivity index (χ0n) is 16.7. The van der Waals surface area contributed by atoms with E-state index in [-0.39, 0.29) is 17.8 Å². The molecule has 2 heterocycles. The number of hydrogen-bond acceptors (Lipinski definition) is 3. The fourth-order valence-corrected chi connectivity index (χ4v) is 5.32. The average molecular weight is 432 g/mol. The van der Waals surface area contributed by atoms with Crippen LogP contribution < -0.4 is 0 Å². The van der Waals surface area contributed by atoms with Crippen molar-refractivity contribution in [2.75, 3.05) is 0 Å². The molecule has 0 atom stereocenters. The number of pyridine rings is 1. The number of thiophene rings is 1. The van der Waals surface area contributed by atoms with Crippen molar-refractivity contribution in [3.05, 3.63) is 100 Å². The number of carbonyl (C=O) groups is 1. The first-order valence-corrected chi connectivity index (χ1v) is 11.0. The lowest BCUT2D eigenvalue weighted by atomic mass is 9.98. The lowest BCUT2D eigenvalue weighted by Crippen LogP contribution is -2.05. The second-order valence-corrected chi connectivity index (χ2v) is 8.78. The zero-order valence-corrected chi connectivity index (χ0v) is 17.5. The minimum atomic E-state index is -0.682. The Morgan fingerprint density at radius 3 is 2.52 bits per heavy atom. The molecule has 0 unspecified atom stereocenters. The molecule has 1 aliphatic carbocycles. The number of fused-ring (bicyclic) bond motifs is 3. The number of aryl methyl sites for hydroxylation is 2. The Balaban J connectivity index is 1.53. The van der Waals surface area contributed by atoms with Gasteiger partial charge in [-0.3, -0.25) is 9.78 Å². The Labute approximate surface area is 183 Å². The van der Waals surface area contributed by atoms with Crippen molar-refractivity contribution in [2.24, 2.45) is 0 Å². The third kappa shape index (κ3) is 3.81.